The van der Waals surface area contributed by atoms with Crippen molar-refractivity contribution in [3.8, 4) is 0 Å². The number of fused-ring (bicyclic) bond motifs is 1. The Hall–Kier alpha value is -0.900. The van der Waals surface area contributed by atoms with Crippen molar-refractivity contribution in [3.05, 3.63) is 35.4 Å². The Kier molecular flexibility index (Phi) is 5.17. The maximum atomic E-state index is 5.86. The van der Waals surface area contributed by atoms with Crippen LogP contribution in [-0.2, 0) is 11.2 Å². The van der Waals surface area contributed by atoms with Gasteiger partial charge in [0.15, 0.2) is 0 Å². The maximum Gasteiger partial charge on any atom is 0.0952 e. The first-order valence-corrected chi connectivity index (χ1v) is 6.90. The monoisotopic (exact) mass is 248 g/mol. The van der Waals surface area contributed by atoms with E-state index in [9.17, 15) is 0 Å². The Labute approximate surface area is 110 Å². The molecule has 1 aromatic rings. The second-order valence-corrected chi connectivity index (χ2v) is 4.91. The molecule has 0 bridgehead atoms. The summed E-state index contributed by atoms with van der Waals surface area (Å²) in [6.45, 7) is 7.15. The fourth-order valence-electron chi connectivity index (χ4n) is 2.31. The number of hydrogen-bond acceptors (Lipinski definition) is 3. The summed E-state index contributed by atoms with van der Waals surface area (Å²) < 4.78 is 5.86. The van der Waals surface area contributed by atoms with E-state index in [2.05, 4.69) is 48.5 Å². The highest BCUT2D eigenvalue weighted by atomic mass is 16.5. The van der Waals surface area contributed by atoms with Crippen molar-refractivity contribution < 1.29 is 4.74 Å². The topological polar surface area (TPSA) is 24.5 Å². The molecule has 1 atom stereocenters. The number of ether oxygens (including phenoxy) is 1. The first-order chi connectivity index (χ1) is 8.81. The molecular formula is C15H24N2O. The lowest BCUT2D eigenvalue weighted by Crippen LogP contribution is -2.33. The number of nitrogens with one attached hydrogen (secondary N) is 1. The lowest BCUT2D eigenvalue weighted by atomic mass is 9.97. The minimum atomic E-state index is 0.224. The van der Waals surface area contributed by atoms with Crippen molar-refractivity contribution >= 4 is 0 Å². The van der Waals surface area contributed by atoms with Crippen molar-refractivity contribution in [2.75, 3.05) is 39.8 Å². The van der Waals surface area contributed by atoms with Gasteiger partial charge in [0.2, 0.25) is 0 Å². The molecule has 0 aromatic heterocycles. The molecule has 0 fully saturated rings. The molecule has 18 heavy (non-hydrogen) atoms. The van der Waals surface area contributed by atoms with Gasteiger partial charge in [0.25, 0.3) is 0 Å². The molecule has 1 unspecified atom stereocenters. The lowest BCUT2D eigenvalue weighted by Gasteiger charge is -2.26. The summed E-state index contributed by atoms with van der Waals surface area (Å²) in [5, 5.41) is 3.49. The first kappa shape index (κ1) is 13.5. The van der Waals surface area contributed by atoms with Crippen LogP contribution in [0.1, 0.15) is 24.2 Å². The summed E-state index contributed by atoms with van der Waals surface area (Å²) in [5.41, 5.74) is 2.81. The van der Waals surface area contributed by atoms with E-state index in [1.807, 2.05) is 0 Å². The van der Waals surface area contributed by atoms with Crippen molar-refractivity contribution in [3.63, 3.8) is 0 Å². The fourth-order valence-corrected chi connectivity index (χ4v) is 2.31. The number of nitrogens with zero attached hydrogens (tertiary/aromatic N) is 1. The van der Waals surface area contributed by atoms with E-state index >= 15 is 0 Å². The number of hydrogen-bond donors (Lipinski definition) is 1. The molecule has 0 radical (unpaired) electrons. The summed E-state index contributed by atoms with van der Waals surface area (Å²) in [4.78, 5) is 2.31. The molecule has 0 saturated carbocycles. The predicted molar refractivity (Wildman–Crippen MR) is 74.9 cm³/mol. The zero-order chi connectivity index (χ0) is 12.8. The van der Waals surface area contributed by atoms with Crippen LogP contribution >= 0.6 is 0 Å². The summed E-state index contributed by atoms with van der Waals surface area (Å²) in [6.07, 6.45) is 1.27. The van der Waals surface area contributed by atoms with E-state index in [-0.39, 0.29) is 6.10 Å². The van der Waals surface area contributed by atoms with Crippen LogP contribution in [0.3, 0.4) is 0 Å². The smallest absolute Gasteiger partial charge is 0.0952 e. The third-order valence-corrected chi connectivity index (χ3v) is 3.63. The van der Waals surface area contributed by atoms with E-state index in [0.717, 1.165) is 39.2 Å². The van der Waals surface area contributed by atoms with Crippen LogP contribution in [-0.4, -0.2) is 44.7 Å². The lowest BCUT2D eigenvalue weighted by molar-refractivity contribution is 0.0424. The Bertz CT molecular complexity index is 367. The van der Waals surface area contributed by atoms with Crippen LogP contribution in [0.2, 0.25) is 0 Å². The van der Waals surface area contributed by atoms with Gasteiger partial charge in [-0.25, -0.2) is 0 Å². The van der Waals surface area contributed by atoms with Crippen molar-refractivity contribution in [1.29, 1.82) is 0 Å². The van der Waals surface area contributed by atoms with Gasteiger partial charge in [-0.1, -0.05) is 31.2 Å². The maximum absolute atomic E-state index is 5.86. The van der Waals surface area contributed by atoms with Crippen molar-refractivity contribution in [2.24, 2.45) is 0 Å². The Morgan fingerprint density at radius 3 is 3.06 bits per heavy atom. The van der Waals surface area contributed by atoms with Gasteiger partial charge in [0, 0.05) is 19.6 Å². The molecule has 3 heteroatoms. The quantitative estimate of drug-likeness (QED) is 0.778. The molecule has 0 spiro atoms. The SMILES string of the molecule is CCN(C)CCNCC1OCCc2ccccc21. The zero-order valence-electron chi connectivity index (χ0n) is 11.5. The molecule has 1 N–H and O–H groups in total. The Morgan fingerprint density at radius 1 is 1.39 bits per heavy atom. The Morgan fingerprint density at radius 2 is 2.22 bits per heavy atom. The molecule has 1 aromatic carbocycles. The van der Waals surface area contributed by atoms with Gasteiger partial charge in [-0.05, 0) is 31.1 Å². The summed E-state index contributed by atoms with van der Waals surface area (Å²) in [6, 6.07) is 8.63. The summed E-state index contributed by atoms with van der Waals surface area (Å²) >= 11 is 0. The van der Waals surface area contributed by atoms with Crippen LogP contribution < -0.4 is 5.32 Å². The molecule has 0 aliphatic carbocycles. The van der Waals surface area contributed by atoms with Crippen LogP contribution in [0.4, 0.5) is 0 Å². The largest absolute Gasteiger partial charge is 0.372 e. The molecule has 2 rings (SSSR count). The average Bonchev–Trinajstić information content (AvgIpc) is 2.43. The molecule has 3 nitrogen and oxygen atoms in total. The first-order valence-electron chi connectivity index (χ1n) is 6.90. The molecule has 0 amide bonds. The molecular weight excluding hydrogens is 224 g/mol. The fraction of sp³-hybridized carbons (Fsp3) is 0.600. The zero-order valence-corrected chi connectivity index (χ0v) is 11.5. The van der Waals surface area contributed by atoms with Crippen LogP contribution in [0, 0.1) is 0 Å². The van der Waals surface area contributed by atoms with E-state index in [0.29, 0.717) is 0 Å². The standard InChI is InChI=1S/C15H24N2O/c1-3-17(2)10-9-16-12-15-14-7-5-4-6-13(14)8-11-18-15/h4-7,15-16H,3,8-12H2,1-2H3. The van der Waals surface area contributed by atoms with Gasteiger partial charge < -0.3 is 15.0 Å². The minimum Gasteiger partial charge on any atom is -0.372 e. The van der Waals surface area contributed by atoms with E-state index < -0.39 is 0 Å². The van der Waals surface area contributed by atoms with Gasteiger partial charge in [0.05, 0.1) is 12.7 Å². The van der Waals surface area contributed by atoms with Crippen molar-refractivity contribution in [1.82, 2.24) is 10.2 Å². The molecule has 0 saturated heterocycles. The number of benzene rings is 1. The number of rotatable bonds is 6. The normalized spacial score (nSPS) is 18.9. The highest BCUT2D eigenvalue weighted by Gasteiger charge is 2.19. The van der Waals surface area contributed by atoms with Gasteiger partial charge in [-0.2, -0.15) is 0 Å². The van der Waals surface area contributed by atoms with E-state index in [4.69, 9.17) is 4.74 Å². The molecule has 1 heterocycles. The third kappa shape index (κ3) is 3.55. The minimum absolute atomic E-state index is 0.224. The predicted octanol–water partition coefficient (Wildman–Crippen LogP) is 1.84. The summed E-state index contributed by atoms with van der Waals surface area (Å²) in [5.74, 6) is 0. The van der Waals surface area contributed by atoms with Crippen LogP contribution in [0.5, 0.6) is 0 Å². The van der Waals surface area contributed by atoms with E-state index in [1.54, 1.807) is 0 Å². The van der Waals surface area contributed by atoms with Gasteiger partial charge >= 0.3 is 0 Å². The third-order valence-electron chi connectivity index (χ3n) is 3.63. The van der Waals surface area contributed by atoms with Gasteiger partial charge in [0.1, 0.15) is 0 Å². The molecule has 1 aliphatic heterocycles. The van der Waals surface area contributed by atoms with Crippen molar-refractivity contribution in [2.45, 2.75) is 19.4 Å². The van der Waals surface area contributed by atoms with Gasteiger partial charge in [-0.15, -0.1) is 0 Å². The second-order valence-electron chi connectivity index (χ2n) is 4.91. The van der Waals surface area contributed by atoms with Gasteiger partial charge in [-0.3, -0.25) is 0 Å². The van der Waals surface area contributed by atoms with Crippen LogP contribution in [0.25, 0.3) is 0 Å². The van der Waals surface area contributed by atoms with Crippen LogP contribution in [0.15, 0.2) is 24.3 Å². The number of likely N-dealkylation sites (N-methyl/N-ethyl adjacent to an activating group) is 1. The molecule has 100 valence electrons. The average molecular weight is 248 g/mol. The highest BCUT2D eigenvalue weighted by molar-refractivity contribution is 5.31. The molecule has 1 aliphatic rings. The van der Waals surface area contributed by atoms with E-state index in [1.165, 1.54) is 11.1 Å². The second kappa shape index (κ2) is 6.88. The highest BCUT2D eigenvalue weighted by Crippen LogP contribution is 2.25. The summed E-state index contributed by atoms with van der Waals surface area (Å²) in [7, 11) is 2.15. The Balaban J connectivity index is 1.81.